The van der Waals surface area contributed by atoms with Gasteiger partial charge in [-0.3, -0.25) is 97.9 Å². The number of nitrogens with zero attached hydrogens (tertiary/aromatic N) is 18. The van der Waals surface area contributed by atoms with Crippen LogP contribution in [0, 0.1) is 147 Å². The Hall–Kier alpha value is -7.50. The molecule has 150 heavy (non-hydrogen) atoms. The van der Waals surface area contributed by atoms with Gasteiger partial charge in [-0.25, -0.2) is 0 Å². The summed E-state index contributed by atoms with van der Waals surface area (Å²) in [5, 5.41) is 159. The second-order valence-electron chi connectivity index (χ2n) is 37.0. The van der Waals surface area contributed by atoms with Gasteiger partial charge in [0, 0.05) is 285 Å². The van der Waals surface area contributed by atoms with E-state index in [-0.39, 0.29) is 382 Å². The Kier molecular flexibility index (Phi) is 66.3. The molecule has 50 nitrogen and oxygen atoms in total. The van der Waals surface area contributed by atoms with Gasteiger partial charge in [0.25, 0.3) is 0 Å². The monoisotopic (exact) mass is 2720 g/mol. The van der Waals surface area contributed by atoms with Gasteiger partial charge in [-0.1, -0.05) is 24.3 Å². The van der Waals surface area contributed by atoms with Crippen molar-refractivity contribution in [2.45, 2.75) is 166 Å². The van der Waals surface area contributed by atoms with Crippen LogP contribution < -0.4 is 82.5 Å². The van der Waals surface area contributed by atoms with Gasteiger partial charge < -0.3 is 150 Å². The maximum atomic E-state index is 13.8. The Morgan fingerprint density at radius 3 is 0.520 bits per heavy atom. The van der Waals surface area contributed by atoms with E-state index in [0.717, 1.165) is 0 Å². The van der Waals surface area contributed by atoms with Crippen LogP contribution in [0.3, 0.4) is 0 Å². The Morgan fingerprint density at radius 2 is 0.380 bits per heavy atom. The first-order valence-corrected chi connectivity index (χ1v) is 49.3. The maximum Gasteiger partial charge on any atom is 3.00 e. The van der Waals surface area contributed by atoms with Crippen molar-refractivity contribution in [1.82, 2.24) is 110 Å². The molecule has 4 amide bonds. The third-order valence-corrected chi connectivity index (χ3v) is 25.5. The number of hydrogen-bond donors (Lipinski definition) is 4. The molecule has 8 heterocycles. The van der Waals surface area contributed by atoms with Crippen molar-refractivity contribution in [3.8, 4) is 0 Å². The van der Waals surface area contributed by atoms with Crippen LogP contribution in [0.25, 0.3) is 0 Å². The van der Waals surface area contributed by atoms with Gasteiger partial charge in [-0.2, -0.15) is 0 Å². The summed E-state index contributed by atoms with van der Waals surface area (Å²) in [5.74, 6) is -19.5. The minimum Gasteiger partial charge on any atom is -0.549 e. The van der Waals surface area contributed by atoms with Crippen molar-refractivity contribution in [3.63, 3.8) is 0 Å². The van der Waals surface area contributed by atoms with Crippen LogP contribution in [0.2, 0.25) is 0 Å². The van der Waals surface area contributed by atoms with Crippen molar-refractivity contribution >= 4 is 95.3 Å². The fourth-order valence-corrected chi connectivity index (χ4v) is 18.4. The van der Waals surface area contributed by atoms with Crippen LogP contribution in [0.15, 0.2) is 72.8 Å². The van der Waals surface area contributed by atoms with Crippen LogP contribution in [-0.4, -0.2) is 430 Å². The number of hydrogen-bond acceptors (Lipinski definition) is 46. The molecule has 846 valence electrons. The number of fused-ring (bicyclic) bond motifs is 8. The molecule has 0 aromatic carbocycles. The largest absolute Gasteiger partial charge is 3.00 e. The summed E-state index contributed by atoms with van der Waals surface area (Å²) in [4.78, 5) is 244. The minimum atomic E-state index is -1.54. The zero-order valence-corrected chi connectivity index (χ0v) is 90.5. The van der Waals surface area contributed by atoms with Crippen LogP contribution in [-0.2, 0) is 129 Å². The molecule has 4 unspecified atom stereocenters. The molecule has 4 aliphatic heterocycles. The van der Waals surface area contributed by atoms with E-state index in [1.54, 1.807) is 72.8 Å². The number of carboxylic acid groups (broad SMARTS) is 12. The average Bonchev–Trinajstić information content (AvgIpc) is 0.860. The van der Waals surface area contributed by atoms with Crippen LogP contribution in [0.5, 0.6) is 0 Å². The molecule has 0 radical (unpaired) electrons. The molecule has 0 saturated carbocycles. The van der Waals surface area contributed by atoms with Crippen molar-refractivity contribution in [1.29, 1.82) is 0 Å². The number of pyridine rings is 4. The zero-order valence-electron chi connectivity index (χ0n) is 83.4. The quantitative estimate of drug-likeness (QED) is 0.0298. The van der Waals surface area contributed by atoms with Gasteiger partial charge >= 0.3 is 147 Å². The molecular weight excluding hydrogens is 2580 g/mol. The van der Waals surface area contributed by atoms with Gasteiger partial charge in [0.2, 0.25) is 23.6 Å². The van der Waals surface area contributed by atoms with Crippen LogP contribution in [0.1, 0.15) is 135 Å². The van der Waals surface area contributed by atoms with Crippen LogP contribution >= 0.6 is 0 Å². The van der Waals surface area contributed by atoms with E-state index in [1.807, 2.05) is 0 Å². The second-order valence-corrected chi connectivity index (χ2v) is 37.0. The first kappa shape index (κ1) is 135. The van der Waals surface area contributed by atoms with Crippen molar-refractivity contribution < 1.29 is 285 Å². The number of nitrogens with one attached hydrogen (secondary N) is 4. The summed E-state index contributed by atoms with van der Waals surface area (Å²) in [6.07, 6.45) is -0.0551. The number of carboxylic acids is 12. The molecule has 4 atom stereocenters. The first-order chi connectivity index (χ1) is 69.8. The number of rotatable bonds is 57. The molecule has 4 aliphatic rings. The summed E-state index contributed by atoms with van der Waals surface area (Å²) in [6.45, 7) is -2.11. The SMILES string of the molecule is O=C([O-])CN1CCN(C(CCC(=O)NCCCN(CCCCN(CCCNC(=O)CCC(C(=O)[O-])N2CCN(CC(=O)[O-])Cc3cccc(n3)CN(CC(=O)[O-])CC2)CCCNC(=O)CCC(C(=O)[O-])N2CCN(CC(=O)[O-])Cc3cccc(n3)CN(CC(=O)[O-])CC2)CCCNC(=O)CCC(C(=O)[O-])N2CCN(CC(=O)[O-])Cc3cccc(n3)CN(CC(=O)[O-])CC2)C(=O)[O-])CCN(CC(=O)[O-])Cc2cccc(n2)C1.[Tm+3].[Tm+3].[Tm+3].[Tm+3]. The average molecular weight is 2720 g/mol. The van der Waals surface area contributed by atoms with E-state index in [1.165, 1.54) is 58.8 Å². The smallest absolute Gasteiger partial charge is 0.549 e. The minimum absolute atomic E-state index is 0. The number of unbranched alkanes of at least 4 members (excludes halogenated alkanes) is 1. The van der Waals surface area contributed by atoms with E-state index in [0.29, 0.717) is 123 Å². The molecule has 8 rings (SSSR count). The molecule has 4 aromatic heterocycles. The third kappa shape index (κ3) is 54.7. The number of aromatic nitrogens is 4. The molecule has 0 saturated heterocycles. The fourth-order valence-electron chi connectivity index (χ4n) is 18.4. The van der Waals surface area contributed by atoms with Crippen molar-refractivity contribution in [3.05, 3.63) is 118 Å². The predicted octanol–water partition coefficient (Wildman–Crippen LogP) is -18.0. The van der Waals surface area contributed by atoms with Gasteiger partial charge in [-0.05, 0) is 152 Å². The summed E-state index contributed by atoms with van der Waals surface area (Å²) < 4.78 is 0. The molecule has 4 N–H and O–H groups in total. The van der Waals surface area contributed by atoms with Crippen LogP contribution in [0.4, 0.5) is 0 Å². The van der Waals surface area contributed by atoms with Gasteiger partial charge in [0.1, 0.15) is 0 Å². The molecule has 0 fully saturated rings. The fraction of sp³-hybridized carbons (Fsp3) is 0.625. The number of aliphatic carboxylic acids is 12. The molecule has 0 aliphatic carbocycles. The Balaban J connectivity index is 0.0000117. The first-order valence-electron chi connectivity index (χ1n) is 49.3. The number of carbonyl (C=O) groups excluding carboxylic acids is 16. The predicted molar refractivity (Wildman–Crippen MR) is 490 cm³/mol. The normalized spacial score (nSPS) is 16.8. The molecule has 54 heteroatoms. The third-order valence-electron chi connectivity index (χ3n) is 25.5. The van der Waals surface area contributed by atoms with Crippen molar-refractivity contribution in [2.24, 2.45) is 0 Å². The summed E-state index contributed by atoms with van der Waals surface area (Å²) in [6, 6.07) is 14.4. The second kappa shape index (κ2) is 73.8. The Bertz CT molecular complexity index is 4190. The Morgan fingerprint density at radius 1 is 0.233 bits per heavy atom. The summed E-state index contributed by atoms with van der Waals surface area (Å²) in [5.41, 5.74) is 3.70. The van der Waals surface area contributed by atoms with E-state index < -0.39 is 172 Å². The van der Waals surface area contributed by atoms with E-state index in [9.17, 15) is 138 Å². The number of amides is 4. The molecule has 4 aromatic rings. The van der Waals surface area contributed by atoms with E-state index in [2.05, 4.69) is 51.0 Å². The molecular formula is C96H132N22O28Tm4. The zero-order chi connectivity index (χ0) is 106. The maximum absolute atomic E-state index is 13.8. The van der Waals surface area contributed by atoms with E-state index in [4.69, 9.17) is 0 Å². The molecule has 8 bridgehead atoms. The Labute approximate surface area is 987 Å². The van der Waals surface area contributed by atoms with Crippen molar-refractivity contribution in [2.75, 3.05) is 223 Å². The van der Waals surface area contributed by atoms with Gasteiger partial charge in [0.05, 0.1) is 117 Å². The van der Waals surface area contributed by atoms with Gasteiger partial charge in [0.15, 0.2) is 0 Å². The molecule has 0 spiro atoms. The van der Waals surface area contributed by atoms with Gasteiger partial charge in [-0.15, -0.1) is 0 Å². The standard InChI is InChI=1S/C96H144N22O28.4Tm/c119-81(23-19-77(93(139)140)115-45-37-107(61-85(123)124)53-69-11-3-12-70(101-69)54-108(38-46-115)62-86(125)126)97-27-7-33-105(34-8-28-98-82(120)24-20-78(94(141)142)116-47-39-109(63-87(127)128)55-71-13-4-14-72(102-71)56-110(40-48-116)64-88(129)130)31-1-2-32-106(35-9-29-99-83(121)25-21-79(95(143)144)117-49-41-111(65-89(131)132)57-73-15-5-16-74(103-73)58-112(42-50-117)66-90(133)134)36-10-30-100-84(122)26-22-80(96(145)146)118-51-43-113(67-91(135)136)59-75-17-6-18-76(104-75)60-114(44-52-118)68-92(137)138;;;;/h3-6,11-18,77-80H,1-2,7-10,19-68H2,(H,97,119)(H,98,120)(H,99,121)(H,100,122)(H,123,124)(H,125,126)(H,127,128)(H,129,130)(H,131,132)(H,133,134)(H,135,136)(H,137,138)(H,139,140)(H,141,142)(H,143,144)(H,145,146);;;;/q;4*+3/p-12. The summed E-state index contributed by atoms with van der Waals surface area (Å²) in [7, 11) is 0. The number of carbonyl (C=O) groups is 16. The van der Waals surface area contributed by atoms with E-state index >= 15 is 0 Å². The topological polar surface area (TPSA) is 695 Å². The summed E-state index contributed by atoms with van der Waals surface area (Å²) >= 11 is 0.